The van der Waals surface area contributed by atoms with Crippen LogP contribution in [-0.2, 0) is 9.59 Å². The molecule has 7 heteroatoms. The average Bonchev–Trinajstić information content (AvgIpc) is 2.83. The van der Waals surface area contributed by atoms with E-state index in [0.29, 0.717) is 35.0 Å². The second kappa shape index (κ2) is 6.33. The molecule has 1 fully saturated rings. The normalized spacial score (nSPS) is 21.8. The quantitative estimate of drug-likeness (QED) is 0.825. The van der Waals surface area contributed by atoms with Crippen molar-refractivity contribution in [2.75, 3.05) is 5.32 Å². The molecule has 0 radical (unpaired) electrons. The lowest BCUT2D eigenvalue weighted by atomic mass is 10.0. The van der Waals surface area contributed by atoms with Crippen LogP contribution < -0.4 is 5.32 Å². The lowest BCUT2D eigenvalue weighted by Crippen LogP contribution is -2.22. The van der Waals surface area contributed by atoms with E-state index in [-0.39, 0.29) is 11.8 Å². The van der Waals surface area contributed by atoms with Crippen molar-refractivity contribution in [1.82, 2.24) is 0 Å². The van der Waals surface area contributed by atoms with Gasteiger partial charge in [-0.15, -0.1) is 0 Å². The molecule has 1 aromatic rings. The number of benzene rings is 1. The van der Waals surface area contributed by atoms with Crippen LogP contribution in [0.1, 0.15) is 19.3 Å². The molecule has 0 unspecified atom stereocenters. The Morgan fingerprint density at radius 3 is 2.25 bits per heavy atom. The number of aliphatic carboxylic acids is 1. The molecule has 1 aliphatic rings. The van der Waals surface area contributed by atoms with Gasteiger partial charge in [-0.05, 0) is 31.4 Å². The van der Waals surface area contributed by atoms with E-state index in [1.165, 1.54) is 0 Å². The van der Waals surface area contributed by atoms with E-state index >= 15 is 0 Å². The molecule has 0 heterocycles. The smallest absolute Gasteiger partial charge is 0.306 e. The third-order valence-electron chi connectivity index (χ3n) is 3.41. The van der Waals surface area contributed by atoms with Crippen molar-refractivity contribution >= 4 is 56.7 Å². The molecule has 1 aliphatic carbocycles. The highest BCUT2D eigenvalue weighted by molar-refractivity contribution is 9.10. The molecule has 4 nitrogen and oxygen atoms in total. The van der Waals surface area contributed by atoms with Crippen molar-refractivity contribution in [2.45, 2.75) is 19.3 Å². The molecule has 1 aromatic carbocycles. The number of hydrogen-bond donors (Lipinski definition) is 2. The van der Waals surface area contributed by atoms with Crippen molar-refractivity contribution in [2.24, 2.45) is 11.8 Å². The van der Waals surface area contributed by atoms with Crippen molar-refractivity contribution in [3.63, 3.8) is 0 Å². The van der Waals surface area contributed by atoms with Crippen molar-refractivity contribution < 1.29 is 14.7 Å². The van der Waals surface area contributed by atoms with Gasteiger partial charge in [-0.3, -0.25) is 9.59 Å². The molecule has 0 saturated heterocycles. The minimum absolute atomic E-state index is 0.236. The highest BCUT2D eigenvalue weighted by Gasteiger charge is 2.34. The van der Waals surface area contributed by atoms with Gasteiger partial charge < -0.3 is 10.4 Å². The molecule has 0 bridgehead atoms. The van der Waals surface area contributed by atoms with Crippen LogP contribution in [0.4, 0.5) is 5.69 Å². The molecule has 20 heavy (non-hydrogen) atoms. The Morgan fingerprint density at radius 2 is 1.75 bits per heavy atom. The zero-order valence-electron chi connectivity index (χ0n) is 10.3. The predicted molar refractivity (Wildman–Crippen MR) is 81.3 cm³/mol. The fraction of sp³-hybridized carbons (Fsp3) is 0.385. The summed E-state index contributed by atoms with van der Waals surface area (Å²) >= 11 is 15.3. The van der Waals surface area contributed by atoms with E-state index in [9.17, 15) is 9.59 Å². The number of carboxylic acid groups (broad SMARTS) is 1. The van der Waals surface area contributed by atoms with Gasteiger partial charge in [0.05, 0.1) is 21.7 Å². The van der Waals surface area contributed by atoms with E-state index in [1.807, 2.05) is 0 Å². The maximum absolute atomic E-state index is 12.1. The van der Waals surface area contributed by atoms with Crippen LogP contribution in [-0.4, -0.2) is 17.0 Å². The van der Waals surface area contributed by atoms with Gasteiger partial charge in [0.15, 0.2) is 0 Å². The van der Waals surface area contributed by atoms with Crippen molar-refractivity contribution in [1.29, 1.82) is 0 Å². The summed E-state index contributed by atoms with van der Waals surface area (Å²) in [6.45, 7) is 0. The summed E-state index contributed by atoms with van der Waals surface area (Å²) in [5, 5.41) is 12.3. The summed E-state index contributed by atoms with van der Waals surface area (Å²) in [6, 6.07) is 3.27. The Bertz CT molecular complexity index is 542. The van der Waals surface area contributed by atoms with Gasteiger partial charge in [-0.1, -0.05) is 39.1 Å². The van der Waals surface area contributed by atoms with Crippen LogP contribution in [0.25, 0.3) is 0 Å². The highest BCUT2D eigenvalue weighted by atomic mass is 79.9. The molecule has 108 valence electrons. The fourth-order valence-electron chi connectivity index (χ4n) is 2.33. The molecular formula is C13H12BrCl2NO3. The molecule has 2 N–H and O–H groups in total. The second-order valence-corrected chi connectivity index (χ2v) is 6.51. The first-order valence-corrected chi connectivity index (χ1v) is 7.61. The molecule has 0 aromatic heterocycles. The van der Waals surface area contributed by atoms with Crippen LogP contribution in [0, 0.1) is 11.8 Å². The van der Waals surface area contributed by atoms with E-state index in [0.717, 1.165) is 4.47 Å². The Labute approximate surface area is 134 Å². The molecule has 1 saturated carbocycles. The minimum atomic E-state index is -0.847. The number of carboxylic acids is 1. The van der Waals surface area contributed by atoms with Gasteiger partial charge >= 0.3 is 5.97 Å². The number of halogens is 3. The predicted octanol–water partition coefficient (Wildman–Crippen LogP) is 4.20. The third-order valence-corrected chi connectivity index (χ3v) is 4.46. The summed E-state index contributed by atoms with van der Waals surface area (Å²) in [5.74, 6) is -1.84. The Balaban J connectivity index is 2.08. The summed E-state index contributed by atoms with van der Waals surface area (Å²) < 4.78 is 0.720. The largest absolute Gasteiger partial charge is 0.481 e. The number of carbonyl (C=O) groups excluding carboxylic acids is 1. The van der Waals surface area contributed by atoms with E-state index in [4.69, 9.17) is 28.3 Å². The van der Waals surface area contributed by atoms with Crippen molar-refractivity contribution in [3.05, 3.63) is 26.7 Å². The zero-order chi connectivity index (χ0) is 14.9. The minimum Gasteiger partial charge on any atom is -0.481 e. The number of amides is 1. The van der Waals surface area contributed by atoms with Crippen LogP contribution in [0.2, 0.25) is 10.0 Å². The third kappa shape index (κ3) is 3.45. The van der Waals surface area contributed by atoms with E-state index in [1.54, 1.807) is 12.1 Å². The first kappa shape index (κ1) is 15.6. The monoisotopic (exact) mass is 379 g/mol. The lowest BCUT2D eigenvalue weighted by Gasteiger charge is -2.13. The van der Waals surface area contributed by atoms with Crippen molar-refractivity contribution in [3.8, 4) is 0 Å². The zero-order valence-corrected chi connectivity index (χ0v) is 13.4. The van der Waals surface area contributed by atoms with Gasteiger partial charge in [-0.2, -0.15) is 0 Å². The maximum atomic E-state index is 12.1. The molecule has 2 atom stereocenters. The molecule has 1 amide bonds. The van der Waals surface area contributed by atoms with E-state index in [2.05, 4.69) is 21.2 Å². The number of hydrogen-bond acceptors (Lipinski definition) is 2. The summed E-state index contributed by atoms with van der Waals surface area (Å²) in [7, 11) is 0. The van der Waals surface area contributed by atoms with Gasteiger partial charge in [-0.25, -0.2) is 0 Å². The lowest BCUT2D eigenvalue weighted by molar-refractivity contribution is -0.141. The topological polar surface area (TPSA) is 66.4 Å². The van der Waals surface area contributed by atoms with Gasteiger partial charge in [0, 0.05) is 10.4 Å². The van der Waals surface area contributed by atoms with Gasteiger partial charge in [0.1, 0.15) is 0 Å². The number of rotatable bonds is 3. The SMILES string of the molecule is O=C(O)[C@H]1CC[C@@H](C(=O)Nc2c(Cl)cc(Br)cc2Cl)C1. The Kier molecular flexibility index (Phi) is 4.94. The van der Waals surface area contributed by atoms with Gasteiger partial charge in [0.2, 0.25) is 5.91 Å². The number of anilines is 1. The highest BCUT2D eigenvalue weighted by Crippen LogP contribution is 2.36. The number of carbonyl (C=O) groups is 2. The van der Waals surface area contributed by atoms with Crippen LogP contribution in [0.15, 0.2) is 16.6 Å². The van der Waals surface area contributed by atoms with E-state index < -0.39 is 11.9 Å². The first-order valence-electron chi connectivity index (χ1n) is 6.06. The summed E-state index contributed by atoms with van der Waals surface area (Å²) in [6.07, 6.45) is 1.44. The fourth-order valence-corrected chi connectivity index (χ4v) is 3.63. The summed E-state index contributed by atoms with van der Waals surface area (Å²) in [5.41, 5.74) is 0.361. The molecular weight excluding hydrogens is 369 g/mol. The second-order valence-electron chi connectivity index (χ2n) is 4.78. The Morgan fingerprint density at radius 1 is 1.20 bits per heavy atom. The molecule has 0 aliphatic heterocycles. The maximum Gasteiger partial charge on any atom is 0.306 e. The Hall–Kier alpha value is -0.780. The van der Waals surface area contributed by atoms with Crippen LogP contribution >= 0.6 is 39.1 Å². The molecule has 0 spiro atoms. The first-order chi connectivity index (χ1) is 9.38. The van der Waals surface area contributed by atoms with Crippen LogP contribution in [0.5, 0.6) is 0 Å². The average molecular weight is 381 g/mol. The van der Waals surface area contributed by atoms with Gasteiger partial charge in [0.25, 0.3) is 0 Å². The molecule has 2 rings (SSSR count). The standard InChI is InChI=1S/C13H12BrCl2NO3/c14-8-4-9(15)11(10(16)5-8)17-12(18)6-1-2-7(3-6)13(19)20/h4-7H,1-3H2,(H,17,18)(H,19,20)/t6-,7+/m1/s1. The summed E-state index contributed by atoms with van der Waals surface area (Å²) in [4.78, 5) is 23.0. The van der Waals surface area contributed by atoms with Crippen LogP contribution in [0.3, 0.4) is 0 Å². The number of nitrogens with one attached hydrogen (secondary N) is 1.